The molecule has 0 bridgehead atoms. The summed E-state index contributed by atoms with van der Waals surface area (Å²) >= 11 is 1.80. The van der Waals surface area contributed by atoms with E-state index < -0.39 is 5.41 Å². The lowest BCUT2D eigenvalue weighted by atomic mass is 9.67. The van der Waals surface area contributed by atoms with E-state index in [1.54, 1.807) is 11.3 Å². The van der Waals surface area contributed by atoms with Crippen molar-refractivity contribution >= 4 is 31.5 Å². The van der Waals surface area contributed by atoms with Crippen LogP contribution in [0.5, 0.6) is 0 Å². The molecule has 2 heterocycles. The molecule has 0 fully saturated rings. The molecule has 50 heavy (non-hydrogen) atoms. The van der Waals surface area contributed by atoms with Crippen LogP contribution in [0.3, 0.4) is 0 Å². The number of hydrogen-bond acceptors (Lipinski definition) is 4. The summed E-state index contributed by atoms with van der Waals surface area (Å²) in [7, 11) is 0. The molecule has 234 valence electrons. The SMILES string of the molecule is c1ccc(-c2nc(-c3ccc(C4(c5ccccc5)c5ccccc5-c5ccccc54)cc3)nc(-c3cccc4sc5ccccc5c34)n2)cc1. The third-order valence-electron chi connectivity index (χ3n) is 10.0. The Bertz CT molecular complexity index is 2650. The highest BCUT2D eigenvalue weighted by molar-refractivity contribution is 7.25. The number of fused-ring (bicyclic) bond motifs is 6. The van der Waals surface area contributed by atoms with Gasteiger partial charge >= 0.3 is 0 Å². The van der Waals surface area contributed by atoms with Gasteiger partial charge in [0, 0.05) is 36.9 Å². The maximum absolute atomic E-state index is 5.19. The van der Waals surface area contributed by atoms with Crippen molar-refractivity contribution in [2.75, 3.05) is 0 Å². The quantitative estimate of drug-likeness (QED) is 0.185. The fraction of sp³-hybridized carbons (Fsp3) is 0.0217. The van der Waals surface area contributed by atoms with E-state index in [-0.39, 0.29) is 0 Å². The van der Waals surface area contributed by atoms with Crippen LogP contribution in [0.1, 0.15) is 22.3 Å². The van der Waals surface area contributed by atoms with Crippen LogP contribution in [-0.2, 0) is 5.41 Å². The smallest absolute Gasteiger partial charge is 0.164 e. The lowest BCUT2D eigenvalue weighted by molar-refractivity contribution is 0.768. The molecular formula is C46H29N3S. The van der Waals surface area contributed by atoms with Gasteiger partial charge < -0.3 is 0 Å². The van der Waals surface area contributed by atoms with Gasteiger partial charge in [0.2, 0.25) is 0 Å². The van der Waals surface area contributed by atoms with Gasteiger partial charge in [-0.05, 0) is 45.5 Å². The fourth-order valence-corrected chi connectivity index (χ4v) is 9.02. The molecule has 9 aromatic rings. The third-order valence-corrected chi connectivity index (χ3v) is 11.2. The van der Waals surface area contributed by atoms with E-state index in [0.29, 0.717) is 17.5 Å². The summed E-state index contributed by atoms with van der Waals surface area (Å²) in [5.41, 5.74) is 10.1. The van der Waals surface area contributed by atoms with Crippen LogP contribution in [0, 0.1) is 0 Å². The molecule has 0 unspecified atom stereocenters. The normalized spacial score (nSPS) is 13.0. The molecular weight excluding hydrogens is 627 g/mol. The summed E-state index contributed by atoms with van der Waals surface area (Å²) in [6.45, 7) is 0. The number of thiophene rings is 1. The van der Waals surface area contributed by atoms with E-state index in [0.717, 1.165) is 16.7 Å². The van der Waals surface area contributed by atoms with E-state index in [1.807, 2.05) is 18.2 Å². The predicted molar refractivity (Wildman–Crippen MR) is 206 cm³/mol. The predicted octanol–water partition coefficient (Wildman–Crippen LogP) is 11.6. The average molecular weight is 656 g/mol. The first kappa shape index (κ1) is 28.8. The summed E-state index contributed by atoms with van der Waals surface area (Å²) in [5, 5.41) is 2.40. The van der Waals surface area contributed by atoms with Gasteiger partial charge in [0.05, 0.1) is 5.41 Å². The fourth-order valence-electron chi connectivity index (χ4n) is 7.88. The molecule has 7 aromatic carbocycles. The first-order chi connectivity index (χ1) is 24.8. The summed E-state index contributed by atoms with van der Waals surface area (Å²) in [6.07, 6.45) is 0. The molecule has 10 rings (SSSR count). The first-order valence-corrected chi connectivity index (χ1v) is 17.7. The van der Waals surface area contributed by atoms with Gasteiger partial charge in [-0.25, -0.2) is 15.0 Å². The molecule has 1 aliphatic carbocycles. The van der Waals surface area contributed by atoms with Crippen molar-refractivity contribution in [2.45, 2.75) is 5.41 Å². The van der Waals surface area contributed by atoms with E-state index >= 15 is 0 Å². The van der Waals surface area contributed by atoms with Gasteiger partial charge in [0.25, 0.3) is 0 Å². The van der Waals surface area contributed by atoms with Crippen LogP contribution >= 0.6 is 11.3 Å². The van der Waals surface area contributed by atoms with Crippen molar-refractivity contribution < 1.29 is 0 Å². The minimum absolute atomic E-state index is 0.456. The van der Waals surface area contributed by atoms with Crippen LogP contribution in [-0.4, -0.2) is 15.0 Å². The number of rotatable bonds is 5. The van der Waals surface area contributed by atoms with Gasteiger partial charge in [0.15, 0.2) is 17.5 Å². The van der Waals surface area contributed by atoms with Gasteiger partial charge in [-0.3, -0.25) is 0 Å². The Morgan fingerprint density at radius 1 is 0.360 bits per heavy atom. The highest BCUT2D eigenvalue weighted by Crippen LogP contribution is 2.56. The second-order valence-electron chi connectivity index (χ2n) is 12.7. The zero-order valence-electron chi connectivity index (χ0n) is 27.0. The Kier molecular flexibility index (Phi) is 6.58. The molecule has 4 heteroatoms. The Morgan fingerprint density at radius 3 is 1.56 bits per heavy atom. The van der Waals surface area contributed by atoms with Crippen LogP contribution in [0.2, 0.25) is 0 Å². The van der Waals surface area contributed by atoms with Crippen molar-refractivity contribution in [3.05, 3.63) is 198 Å². The van der Waals surface area contributed by atoms with Gasteiger partial charge in [-0.2, -0.15) is 0 Å². The molecule has 3 nitrogen and oxygen atoms in total. The summed E-state index contributed by atoms with van der Waals surface area (Å²) < 4.78 is 2.48. The zero-order valence-corrected chi connectivity index (χ0v) is 27.8. The maximum Gasteiger partial charge on any atom is 0.164 e. The van der Waals surface area contributed by atoms with Crippen LogP contribution in [0.4, 0.5) is 0 Å². The lowest BCUT2D eigenvalue weighted by Crippen LogP contribution is -2.28. The molecule has 2 aromatic heterocycles. The van der Waals surface area contributed by atoms with E-state index in [1.165, 1.54) is 53.6 Å². The van der Waals surface area contributed by atoms with Crippen LogP contribution in [0.25, 0.3) is 65.5 Å². The van der Waals surface area contributed by atoms with Gasteiger partial charge in [0.1, 0.15) is 0 Å². The van der Waals surface area contributed by atoms with Crippen molar-refractivity contribution in [3.8, 4) is 45.3 Å². The van der Waals surface area contributed by atoms with Crippen molar-refractivity contribution in [1.82, 2.24) is 15.0 Å². The third kappa shape index (κ3) is 4.32. The lowest BCUT2D eigenvalue weighted by Gasteiger charge is -2.34. The van der Waals surface area contributed by atoms with Gasteiger partial charge in [-0.1, -0.05) is 164 Å². The largest absolute Gasteiger partial charge is 0.208 e. The monoisotopic (exact) mass is 655 g/mol. The molecule has 0 amide bonds. The minimum Gasteiger partial charge on any atom is -0.208 e. The molecule has 1 aliphatic rings. The average Bonchev–Trinajstić information content (AvgIpc) is 3.73. The standard InChI is InChI=1S/C46H29N3S/c1-3-14-30(15-4-1)43-47-44(49-45(48-43)37-21-13-25-41-42(37)36-20-9-12-24-40(36)50-41)31-26-28-33(29-27-31)46(32-16-5-2-6-17-32)38-22-10-7-18-34(38)35-19-8-11-23-39(35)46/h1-29H. The Morgan fingerprint density at radius 2 is 0.860 bits per heavy atom. The number of benzene rings is 7. The molecule has 0 saturated heterocycles. The van der Waals surface area contributed by atoms with E-state index in [4.69, 9.17) is 15.0 Å². The Balaban J connectivity index is 1.17. The van der Waals surface area contributed by atoms with Gasteiger partial charge in [-0.15, -0.1) is 11.3 Å². The Hall–Kier alpha value is -6.23. The van der Waals surface area contributed by atoms with Crippen molar-refractivity contribution in [1.29, 1.82) is 0 Å². The van der Waals surface area contributed by atoms with E-state index in [2.05, 4.69) is 158 Å². The molecule has 0 radical (unpaired) electrons. The van der Waals surface area contributed by atoms with Crippen LogP contribution in [0.15, 0.2) is 176 Å². The molecule has 0 saturated carbocycles. The first-order valence-electron chi connectivity index (χ1n) is 16.9. The molecule has 0 spiro atoms. The summed E-state index contributed by atoms with van der Waals surface area (Å²) in [6, 6.07) is 62.6. The number of aromatic nitrogens is 3. The summed E-state index contributed by atoms with van der Waals surface area (Å²) in [4.78, 5) is 15.4. The summed E-state index contributed by atoms with van der Waals surface area (Å²) in [5.74, 6) is 1.98. The molecule has 0 aliphatic heterocycles. The van der Waals surface area contributed by atoms with Crippen molar-refractivity contribution in [3.63, 3.8) is 0 Å². The Labute approximate surface area is 294 Å². The maximum atomic E-state index is 5.19. The minimum atomic E-state index is -0.456. The molecule has 0 atom stereocenters. The second-order valence-corrected chi connectivity index (χ2v) is 13.8. The number of hydrogen-bond donors (Lipinski definition) is 0. The highest BCUT2D eigenvalue weighted by atomic mass is 32.1. The number of nitrogens with zero attached hydrogens (tertiary/aromatic N) is 3. The second kappa shape index (κ2) is 11.4. The van der Waals surface area contributed by atoms with E-state index in [9.17, 15) is 0 Å². The van der Waals surface area contributed by atoms with Crippen LogP contribution < -0.4 is 0 Å². The van der Waals surface area contributed by atoms with Crippen molar-refractivity contribution in [2.24, 2.45) is 0 Å². The molecule has 0 N–H and O–H groups in total. The zero-order chi connectivity index (χ0) is 33.1. The topological polar surface area (TPSA) is 38.7 Å². The highest BCUT2D eigenvalue weighted by Gasteiger charge is 2.45.